The first-order valence-electron chi connectivity index (χ1n) is 9.50. The molecule has 1 unspecified atom stereocenters. The molecule has 0 radical (unpaired) electrons. The van der Waals surface area contributed by atoms with Crippen molar-refractivity contribution < 1.29 is 14.5 Å². The predicted octanol–water partition coefficient (Wildman–Crippen LogP) is 3.56. The fourth-order valence-corrected chi connectivity index (χ4v) is 3.72. The van der Waals surface area contributed by atoms with E-state index in [2.05, 4.69) is 10.2 Å². The summed E-state index contributed by atoms with van der Waals surface area (Å²) in [6, 6.07) is 13.8. The van der Waals surface area contributed by atoms with Crippen molar-refractivity contribution in [2.45, 2.75) is 25.3 Å². The molecule has 0 saturated carbocycles. The summed E-state index contributed by atoms with van der Waals surface area (Å²) >= 11 is 0. The molecule has 1 N–H and O–H groups in total. The van der Waals surface area contributed by atoms with E-state index in [9.17, 15) is 14.9 Å². The van der Waals surface area contributed by atoms with Crippen LogP contribution in [0.1, 0.15) is 41.2 Å². The second-order valence-electron chi connectivity index (χ2n) is 6.84. The van der Waals surface area contributed by atoms with Crippen molar-refractivity contribution in [2.75, 3.05) is 26.7 Å². The van der Waals surface area contributed by atoms with Crippen LogP contribution in [0.5, 0.6) is 5.75 Å². The van der Waals surface area contributed by atoms with E-state index in [1.807, 2.05) is 24.3 Å². The average Bonchev–Trinajstić information content (AvgIpc) is 2.74. The second kappa shape index (κ2) is 9.32. The van der Waals surface area contributed by atoms with Gasteiger partial charge < -0.3 is 10.1 Å². The van der Waals surface area contributed by atoms with Crippen LogP contribution in [0.25, 0.3) is 0 Å². The first-order chi connectivity index (χ1) is 13.6. The van der Waals surface area contributed by atoms with Crippen LogP contribution < -0.4 is 10.1 Å². The molecule has 2 aromatic rings. The minimum Gasteiger partial charge on any atom is -0.496 e. The Hall–Kier alpha value is -2.93. The maximum absolute atomic E-state index is 12.7. The summed E-state index contributed by atoms with van der Waals surface area (Å²) < 4.78 is 5.53. The Kier molecular flexibility index (Phi) is 6.60. The monoisotopic (exact) mass is 383 g/mol. The molecular formula is C21H25N3O4. The van der Waals surface area contributed by atoms with Gasteiger partial charge in [0.15, 0.2) is 0 Å². The lowest BCUT2D eigenvalue weighted by atomic mass is 10.0. The molecular weight excluding hydrogens is 358 g/mol. The van der Waals surface area contributed by atoms with Crippen molar-refractivity contribution in [3.05, 3.63) is 69.8 Å². The van der Waals surface area contributed by atoms with Gasteiger partial charge in [-0.1, -0.05) is 36.8 Å². The number of piperidine rings is 1. The molecule has 1 aliphatic heterocycles. The lowest BCUT2D eigenvalue weighted by molar-refractivity contribution is -0.385. The highest BCUT2D eigenvalue weighted by Crippen LogP contribution is 2.31. The minimum absolute atomic E-state index is 0.0526. The van der Waals surface area contributed by atoms with Crippen LogP contribution >= 0.6 is 0 Å². The first-order valence-corrected chi connectivity index (χ1v) is 9.50. The number of nitro groups is 1. The van der Waals surface area contributed by atoms with Gasteiger partial charge >= 0.3 is 0 Å². The number of carbonyl (C=O) groups is 1. The van der Waals surface area contributed by atoms with Crippen LogP contribution in [0.3, 0.4) is 0 Å². The molecule has 0 aromatic heterocycles. The number of ether oxygens (including phenoxy) is 1. The Bertz CT molecular complexity index is 834. The predicted molar refractivity (Wildman–Crippen MR) is 107 cm³/mol. The number of hydrogen-bond acceptors (Lipinski definition) is 5. The Morgan fingerprint density at radius 2 is 1.82 bits per heavy atom. The number of hydrogen-bond donors (Lipinski definition) is 1. The highest BCUT2D eigenvalue weighted by atomic mass is 16.6. The summed E-state index contributed by atoms with van der Waals surface area (Å²) in [5.74, 6) is 0.335. The quantitative estimate of drug-likeness (QED) is 0.584. The van der Waals surface area contributed by atoms with Crippen LogP contribution in [0.2, 0.25) is 0 Å². The van der Waals surface area contributed by atoms with Gasteiger partial charge in [-0.3, -0.25) is 19.8 Å². The molecule has 0 spiro atoms. The van der Waals surface area contributed by atoms with Crippen molar-refractivity contribution in [3.63, 3.8) is 0 Å². The number of nitro benzene ring substituents is 1. The first kappa shape index (κ1) is 19.8. The van der Waals surface area contributed by atoms with E-state index in [-0.39, 0.29) is 17.3 Å². The summed E-state index contributed by atoms with van der Waals surface area (Å²) in [7, 11) is 1.64. The molecule has 0 aliphatic carbocycles. The highest BCUT2D eigenvalue weighted by Gasteiger charge is 2.26. The third kappa shape index (κ3) is 4.48. The van der Waals surface area contributed by atoms with Gasteiger partial charge in [-0.25, -0.2) is 0 Å². The molecule has 1 saturated heterocycles. The Morgan fingerprint density at radius 1 is 1.14 bits per heavy atom. The molecule has 1 fully saturated rings. The number of nitrogens with zero attached hydrogens (tertiary/aromatic N) is 2. The number of benzene rings is 2. The molecule has 3 rings (SSSR count). The van der Waals surface area contributed by atoms with Crippen LogP contribution in [0.4, 0.5) is 5.69 Å². The number of rotatable bonds is 7. The molecule has 1 heterocycles. The third-order valence-electron chi connectivity index (χ3n) is 5.13. The number of para-hydroxylation sites is 2. The fourth-order valence-electron chi connectivity index (χ4n) is 3.72. The van der Waals surface area contributed by atoms with E-state index in [4.69, 9.17) is 4.74 Å². The zero-order valence-corrected chi connectivity index (χ0v) is 16.0. The van der Waals surface area contributed by atoms with Gasteiger partial charge in [0.25, 0.3) is 11.6 Å². The van der Waals surface area contributed by atoms with Crippen molar-refractivity contribution in [3.8, 4) is 5.75 Å². The smallest absolute Gasteiger partial charge is 0.282 e. The van der Waals surface area contributed by atoms with Crippen LogP contribution in [-0.4, -0.2) is 42.5 Å². The van der Waals surface area contributed by atoms with E-state index >= 15 is 0 Å². The molecule has 148 valence electrons. The zero-order chi connectivity index (χ0) is 19.9. The van der Waals surface area contributed by atoms with E-state index in [0.717, 1.165) is 37.2 Å². The summed E-state index contributed by atoms with van der Waals surface area (Å²) in [4.78, 5) is 25.7. The zero-order valence-electron chi connectivity index (χ0n) is 16.0. The lowest BCUT2D eigenvalue weighted by Crippen LogP contribution is -2.40. The summed E-state index contributed by atoms with van der Waals surface area (Å²) in [5.41, 5.74) is 0.895. The van der Waals surface area contributed by atoms with Crippen molar-refractivity contribution in [2.24, 2.45) is 0 Å². The van der Waals surface area contributed by atoms with E-state index in [1.54, 1.807) is 19.2 Å². The largest absolute Gasteiger partial charge is 0.496 e. The molecule has 7 nitrogen and oxygen atoms in total. The topological polar surface area (TPSA) is 84.7 Å². The van der Waals surface area contributed by atoms with Gasteiger partial charge in [0.1, 0.15) is 11.3 Å². The van der Waals surface area contributed by atoms with Crippen LogP contribution in [-0.2, 0) is 0 Å². The van der Waals surface area contributed by atoms with Gasteiger partial charge in [-0.05, 0) is 38.1 Å². The Morgan fingerprint density at radius 3 is 2.54 bits per heavy atom. The van der Waals surface area contributed by atoms with Crippen LogP contribution in [0.15, 0.2) is 48.5 Å². The van der Waals surface area contributed by atoms with Crippen molar-refractivity contribution >= 4 is 11.6 Å². The number of nitrogens with one attached hydrogen (secondary N) is 1. The highest BCUT2D eigenvalue weighted by molar-refractivity contribution is 5.98. The summed E-state index contributed by atoms with van der Waals surface area (Å²) in [6.45, 7) is 2.25. The number of likely N-dealkylation sites (tertiary alicyclic amines) is 1. The van der Waals surface area contributed by atoms with E-state index in [1.165, 1.54) is 18.6 Å². The van der Waals surface area contributed by atoms with E-state index in [0.29, 0.717) is 6.54 Å². The number of carbonyl (C=O) groups excluding carboxylic acids is 1. The molecule has 2 aromatic carbocycles. The Labute approximate surface area is 164 Å². The van der Waals surface area contributed by atoms with Crippen LogP contribution in [0, 0.1) is 10.1 Å². The number of methoxy groups -OCH3 is 1. The van der Waals surface area contributed by atoms with Crippen molar-refractivity contribution in [1.82, 2.24) is 10.2 Å². The van der Waals surface area contributed by atoms with Crippen molar-refractivity contribution in [1.29, 1.82) is 0 Å². The molecule has 7 heteroatoms. The maximum Gasteiger partial charge on any atom is 0.282 e. The molecule has 0 bridgehead atoms. The average molecular weight is 383 g/mol. The molecule has 1 aliphatic rings. The standard InChI is InChI=1S/C21H25N3O4/c1-28-20-12-6-4-9-16(20)19(23-13-7-2-8-14-23)15-22-21(25)17-10-3-5-11-18(17)24(26)27/h3-6,9-12,19H,2,7-8,13-15H2,1H3,(H,22,25). The lowest BCUT2D eigenvalue weighted by Gasteiger charge is -2.35. The van der Waals surface area contributed by atoms with Gasteiger partial charge in [0.05, 0.1) is 18.1 Å². The molecule has 1 amide bonds. The minimum atomic E-state index is -0.531. The summed E-state index contributed by atoms with van der Waals surface area (Å²) in [5, 5.41) is 14.1. The number of amides is 1. The maximum atomic E-state index is 12.7. The summed E-state index contributed by atoms with van der Waals surface area (Å²) in [6.07, 6.45) is 3.44. The van der Waals surface area contributed by atoms with Gasteiger partial charge in [-0.15, -0.1) is 0 Å². The third-order valence-corrected chi connectivity index (χ3v) is 5.13. The van der Waals surface area contributed by atoms with Gasteiger partial charge in [-0.2, -0.15) is 0 Å². The SMILES string of the molecule is COc1ccccc1C(CNC(=O)c1ccccc1[N+](=O)[O-])N1CCCCC1. The van der Waals surface area contributed by atoms with Gasteiger partial charge in [0.2, 0.25) is 0 Å². The van der Waals surface area contributed by atoms with Gasteiger partial charge in [0, 0.05) is 18.2 Å². The van der Waals surface area contributed by atoms with E-state index < -0.39 is 10.8 Å². The molecule has 28 heavy (non-hydrogen) atoms. The normalized spacial score (nSPS) is 15.6. The fraction of sp³-hybridized carbons (Fsp3) is 0.381. The molecule has 1 atom stereocenters. The Balaban J connectivity index is 1.82. The second-order valence-corrected chi connectivity index (χ2v) is 6.84.